The van der Waals surface area contributed by atoms with E-state index in [1.807, 2.05) is 30.3 Å². The Balaban J connectivity index is 1.83. The Morgan fingerprint density at radius 1 is 1.06 bits per heavy atom. The molecule has 0 radical (unpaired) electrons. The van der Waals surface area contributed by atoms with Gasteiger partial charge in [-0.15, -0.1) is 0 Å². The number of rotatable bonds is 2. The van der Waals surface area contributed by atoms with Gasteiger partial charge in [0.2, 0.25) is 11.8 Å². The molecule has 4 heteroatoms. The van der Waals surface area contributed by atoms with Crippen molar-refractivity contribution in [1.82, 2.24) is 4.98 Å². The highest BCUT2D eigenvalue weighted by molar-refractivity contribution is 5.54. The quantitative estimate of drug-likeness (QED) is 0.792. The summed E-state index contributed by atoms with van der Waals surface area (Å²) in [6.45, 7) is 3.23. The normalized spacial score (nSPS) is 16.1. The van der Waals surface area contributed by atoms with Crippen molar-refractivity contribution >= 4 is 5.88 Å². The van der Waals surface area contributed by atoms with E-state index in [0.29, 0.717) is 5.89 Å². The molecule has 0 atom stereocenters. The Morgan fingerprint density at radius 2 is 1.82 bits per heavy atom. The third-order valence-corrected chi connectivity index (χ3v) is 2.84. The summed E-state index contributed by atoms with van der Waals surface area (Å²) >= 11 is 0. The molecule has 0 saturated carbocycles. The molecule has 1 aromatic carbocycles. The second-order valence-corrected chi connectivity index (χ2v) is 3.97. The predicted octanol–water partition coefficient (Wildman–Crippen LogP) is 2.18. The number of nitrogens with zero attached hydrogens (tertiary/aromatic N) is 2. The van der Waals surface area contributed by atoms with E-state index in [1.165, 1.54) is 0 Å². The van der Waals surface area contributed by atoms with Crippen LogP contribution >= 0.6 is 0 Å². The molecule has 4 nitrogen and oxygen atoms in total. The first-order valence-electron chi connectivity index (χ1n) is 5.77. The second kappa shape index (κ2) is 4.59. The largest absolute Gasteiger partial charge is 0.421 e. The zero-order chi connectivity index (χ0) is 11.5. The maximum atomic E-state index is 5.77. The number of benzene rings is 1. The summed E-state index contributed by atoms with van der Waals surface area (Å²) in [6.07, 6.45) is 1.79. The molecule has 0 aliphatic carbocycles. The highest BCUT2D eigenvalue weighted by Gasteiger charge is 2.15. The van der Waals surface area contributed by atoms with E-state index in [4.69, 9.17) is 9.15 Å². The fourth-order valence-corrected chi connectivity index (χ4v) is 1.91. The molecular formula is C13H14N2O2. The summed E-state index contributed by atoms with van der Waals surface area (Å²) < 4.78 is 11.1. The average molecular weight is 230 g/mol. The van der Waals surface area contributed by atoms with Crippen molar-refractivity contribution in [2.24, 2.45) is 0 Å². The first kappa shape index (κ1) is 10.4. The molecule has 3 rings (SSSR count). The highest BCUT2D eigenvalue weighted by Crippen LogP contribution is 2.24. The molecule has 2 heterocycles. The number of oxazole rings is 1. The summed E-state index contributed by atoms with van der Waals surface area (Å²) in [4.78, 5) is 6.47. The van der Waals surface area contributed by atoms with Crippen molar-refractivity contribution in [1.29, 1.82) is 0 Å². The SMILES string of the molecule is c1ccc(-c2ncc(N3CCOCC3)o2)cc1. The first-order chi connectivity index (χ1) is 8.43. The van der Waals surface area contributed by atoms with Gasteiger partial charge in [-0.3, -0.25) is 0 Å². The van der Waals surface area contributed by atoms with E-state index in [-0.39, 0.29) is 0 Å². The molecule has 17 heavy (non-hydrogen) atoms. The van der Waals surface area contributed by atoms with Crippen LogP contribution in [0.5, 0.6) is 0 Å². The van der Waals surface area contributed by atoms with E-state index >= 15 is 0 Å². The van der Waals surface area contributed by atoms with Crippen LogP contribution in [0.2, 0.25) is 0 Å². The Hall–Kier alpha value is -1.81. The van der Waals surface area contributed by atoms with E-state index in [1.54, 1.807) is 6.20 Å². The fourth-order valence-electron chi connectivity index (χ4n) is 1.91. The Bertz CT molecular complexity index is 475. The molecule has 0 N–H and O–H groups in total. The van der Waals surface area contributed by atoms with Crippen molar-refractivity contribution in [3.05, 3.63) is 36.5 Å². The zero-order valence-corrected chi connectivity index (χ0v) is 9.50. The van der Waals surface area contributed by atoms with Crippen LogP contribution in [0.25, 0.3) is 11.5 Å². The van der Waals surface area contributed by atoms with E-state index < -0.39 is 0 Å². The van der Waals surface area contributed by atoms with Gasteiger partial charge in [-0.25, -0.2) is 4.98 Å². The van der Waals surface area contributed by atoms with Crippen LogP contribution in [-0.4, -0.2) is 31.3 Å². The van der Waals surface area contributed by atoms with E-state index in [9.17, 15) is 0 Å². The van der Waals surface area contributed by atoms with Gasteiger partial charge in [0.25, 0.3) is 0 Å². The van der Waals surface area contributed by atoms with Crippen LogP contribution in [0.15, 0.2) is 40.9 Å². The fraction of sp³-hybridized carbons (Fsp3) is 0.308. The molecule has 0 unspecified atom stereocenters. The lowest BCUT2D eigenvalue weighted by Gasteiger charge is -2.25. The van der Waals surface area contributed by atoms with Crippen LogP contribution in [0, 0.1) is 0 Å². The number of hydrogen-bond acceptors (Lipinski definition) is 4. The van der Waals surface area contributed by atoms with Crippen molar-refractivity contribution < 1.29 is 9.15 Å². The van der Waals surface area contributed by atoms with Crippen LogP contribution in [0.4, 0.5) is 5.88 Å². The minimum atomic E-state index is 0.673. The van der Waals surface area contributed by atoms with Gasteiger partial charge in [-0.1, -0.05) is 18.2 Å². The third kappa shape index (κ3) is 2.17. The van der Waals surface area contributed by atoms with Crippen LogP contribution < -0.4 is 4.90 Å². The van der Waals surface area contributed by atoms with Gasteiger partial charge < -0.3 is 14.1 Å². The predicted molar refractivity (Wildman–Crippen MR) is 65.0 cm³/mol. The number of hydrogen-bond donors (Lipinski definition) is 0. The molecule has 1 aliphatic heterocycles. The molecule has 1 fully saturated rings. The average Bonchev–Trinajstić information content (AvgIpc) is 2.90. The molecule has 1 saturated heterocycles. The van der Waals surface area contributed by atoms with Crippen molar-refractivity contribution in [3.8, 4) is 11.5 Å². The third-order valence-electron chi connectivity index (χ3n) is 2.84. The maximum Gasteiger partial charge on any atom is 0.228 e. The van der Waals surface area contributed by atoms with E-state index in [2.05, 4.69) is 9.88 Å². The summed E-state index contributed by atoms with van der Waals surface area (Å²) in [7, 11) is 0. The van der Waals surface area contributed by atoms with Crippen molar-refractivity contribution in [2.45, 2.75) is 0 Å². The minimum absolute atomic E-state index is 0.673. The molecule has 2 aromatic rings. The standard InChI is InChI=1S/C13H14N2O2/c1-2-4-11(5-3-1)13-14-10-12(17-13)15-6-8-16-9-7-15/h1-5,10H,6-9H2. The summed E-state index contributed by atoms with van der Waals surface area (Å²) in [5, 5.41) is 0. The van der Waals surface area contributed by atoms with Crippen LogP contribution in [-0.2, 0) is 4.74 Å². The zero-order valence-electron chi connectivity index (χ0n) is 9.50. The van der Waals surface area contributed by atoms with Gasteiger partial charge in [-0.2, -0.15) is 0 Å². The van der Waals surface area contributed by atoms with Crippen molar-refractivity contribution in [2.75, 3.05) is 31.2 Å². The van der Waals surface area contributed by atoms with Gasteiger partial charge in [0.15, 0.2) is 0 Å². The molecule has 0 spiro atoms. The van der Waals surface area contributed by atoms with Gasteiger partial charge in [0.05, 0.1) is 19.4 Å². The van der Waals surface area contributed by atoms with Crippen LogP contribution in [0.1, 0.15) is 0 Å². The topological polar surface area (TPSA) is 38.5 Å². The van der Waals surface area contributed by atoms with E-state index in [0.717, 1.165) is 37.8 Å². The lowest BCUT2D eigenvalue weighted by atomic mass is 10.2. The number of anilines is 1. The maximum absolute atomic E-state index is 5.77. The molecule has 1 aliphatic rings. The lowest BCUT2D eigenvalue weighted by molar-refractivity contribution is 0.121. The Morgan fingerprint density at radius 3 is 2.59 bits per heavy atom. The second-order valence-electron chi connectivity index (χ2n) is 3.97. The molecule has 0 amide bonds. The molecule has 0 bridgehead atoms. The highest BCUT2D eigenvalue weighted by atomic mass is 16.5. The number of morpholine rings is 1. The number of aromatic nitrogens is 1. The van der Waals surface area contributed by atoms with Gasteiger partial charge >= 0.3 is 0 Å². The summed E-state index contributed by atoms with van der Waals surface area (Å²) in [5.41, 5.74) is 1.01. The molecule has 88 valence electrons. The number of ether oxygens (including phenoxy) is 1. The van der Waals surface area contributed by atoms with Gasteiger partial charge in [0, 0.05) is 18.7 Å². The van der Waals surface area contributed by atoms with Crippen molar-refractivity contribution in [3.63, 3.8) is 0 Å². The first-order valence-corrected chi connectivity index (χ1v) is 5.77. The molecule has 1 aromatic heterocycles. The Labute approximate surface area is 99.8 Å². The summed E-state index contributed by atoms with van der Waals surface area (Å²) in [6, 6.07) is 9.93. The van der Waals surface area contributed by atoms with Gasteiger partial charge in [0.1, 0.15) is 0 Å². The van der Waals surface area contributed by atoms with Crippen LogP contribution in [0.3, 0.4) is 0 Å². The van der Waals surface area contributed by atoms with Gasteiger partial charge in [-0.05, 0) is 12.1 Å². The molecular weight excluding hydrogens is 216 g/mol. The summed E-state index contributed by atoms with van der Waals surface area (Å²) in [5.74, 6) is 1.50. The monoisotopic (exact) mass is 230 g/mol. The Kier molecular flexibility index (Phi) is 2.80. The lowest BCUT2D eigenvalue weighted by Crippen LogP contribution is -2.35. The smallest absolute Gasteiger partial charge is 0.228 e. The minimum Gasteiger partial charge on any atom is -0.421 e.